The van der Waals surface area contributed by atoms with Crippen LogP contribution >= 0.6 is 0 Å². The molecule has 2 aromatic heterocycles. The van der Waals surface area contributed by atoms with E-state index in [1.165, 1.54) is 21.0 Å². The fourth-order valence-corrected chi connectivity index (χ4v) is 5.33. The quantitative estimate of drug-likeness (QED) is 0.727. The lowest BCUT2D eigenvalue weighted by molar-refractivity contribution is 0.251. The zero-order chi connectivity index (χ0) is 20.1. The van der Waals surface area contributed by atoms with Gasteiger partial charge in [-0.15, -0.1) is 0 Å². The second-order valence-corrected chi connectivity index (χ2v) is 9.00. The zero-order valence-corrected chi connectivity index (χ0v) is 16.5. The lowest BCUT2D eigenvalue weighted by Gasteiger charge is -2.34. The molecule has 4 rings (SSSR count). The molecular weight excluding hydrogens is 383 g/mol. The molecule has 0 aliphatic carbocycles. The summed E-state index contributed by atoms with van der Waals surface area (Å²) in [6.07, 6.45) is 2.24. The smallest absolute Gasteiger partial charge is 0.275 e. The van der Waals surface area contributed by atoms with E-state index in [1.807, 2.05) is 0 Å². The third kappa shape index (κ3) is 3.04. The first-order valence-corrected chi connectivity index (χ1v) is 10.6. The maximum Gasteiger partial charge on any atom is 0.275 e. The number of hydrogen-bond acceptors (Lipinski definition) is 4. The third-order valence-corrected chi connectivity index (χ3v) is 7.26. The summed E-state index contributed by atoms with van der Waals surface area (Å²) >= 11 is 0. The summed E-state index contributed by atoms with van der Waals surface area (Å²) in [6, 6.07) is 6.14. The van der Waals surface area contributed by atoms with Crippen LogP contribution in [0.4, 0.5) is 4.39 Å². The molecule has 0 unspecified atom stereocenters. The molecule has 0 radical (unpaired) electrons. The number of nitrogens with one attached hydrogen (secondary N) is 1. The van der Waals surface area contributed by atoms with Gasteiger partial charge in [0.1, 0.15) is 5.82 Å². The molecule has 0 bridgehead atoms. The van der Waals surface area contributed by atoms with Crippen molar-refractivity contribution in [1.29, 1.82) is 0 Å². The van der Waals surface area contributed by atoms with Crippen molar-refractivity contribution in [3.63, 3.8) is 0 Å². The van der Waals surface area contributed by atoms with Crippen molar-refractivity contribution in [2.75, 3.05) is 6.54 Å². The van der Waals surface area contributed by atoms with E-state index in [9.17, 15) is 17.6 Å². The first-order valence-electron chi connectivity index (χ1n) is 9.15. The maximum absolute atomic E-state index is 13.2. The summed E-state index contributed by atoms with van der Waals surface area (Å²) < 4.78 is 42.4. The van der Waals surface area contributed by atoms with Crippen LogP contribution in [0, 0.1) is 19.7 Å². The normalized spacial score (nSPS) is 18.6. The molecule has 3 aromatic rings. The van der Waals surface area contributed by atoms with E-state index in [0.717, 1.165) is 25.0 Å². The molecule has 0 spiro atoms. The lowest BCUT2D eigenvalue weighted by Crippen LogP contribution is -2.38. The Morgan fingerprint density at radius 1 is 1.18 bits per heavy atom. The molecule has 0 saturated carbocycles. The van der Waals surface area contributed by atoms with Crippen LogP contribution in [0.3, 0.4) is 0 Å². The van der Waals surface area contributed by atoms with Gasteiger partial charge in [0.2, 0.25) is 10.0 Å². The van der Waals surface area contributed by atoms with E-state index in [0.29, 0.717) is 35.6 Å². The van der Waals surface area contributed by atoms with Gasteiger partial charge >= 0.3 is 0 Å². The molecule has 0 amide bonds. The van der Waals surface area contributed by atoms with Crippen LogP contribution in [0.25, 0.3) is 5.65 Å². The van der Waals surface area contributed by atoms with Crippen LogP contribution < -0.4 is 5.56 Å². The van der Waals surface area contributed by atoms with Crippen LogP contribution in [0.5, 0.6) is 0 Å². The average molecular weight is 404 g/mol. The number of benzene rings is 1. The number of aryl methyl sites for hydroxylation is 1. The Bertz CT molecular complexity index is 1200. The lowest BCUT2D eigenvalue weighted by atomic mass is 10.0. The first kappa shape index (κ1) is 18.8. The monoisotopic (exact) mass is 404 g/mol. The minimum Gasteiger partial charge on any atom is -0.292 e. The van der Waals surface area contributed by atoms with Gasteiger partial charge in [-0.25, -0.2) is 22.3 Å². The SMILES string of the molecule is Cc1nc2cc([C@H]3CCCCN3S(=O)(=O)c3ccc(F)cc3)[nH]n2c(=O)c1C. The van der Waals surface area contributed by atoms with Gasteiger partial charge < -0.3 is 0 Å². The molecule has 1 aromatic carbocycles. The van der Waals surface area contributed by atoms with E-state index in [-0.39, 0.29) is 10.5 Å². The van der Waals surface area contributed by atoms with Crippen molar-refractivity contribution in [2.24, 2.45) is 0 Å². The number of fused-ring (bicyclic) bond motifs is 1. The van der Waals surface area contributed by atoms with E-state index in [2.05, 4.69) is 10.1 Å². The van der Waals surface area contributed by atoms with Gasteiger partial charge in [0, 0.05) is 23.9 Å². The summed E-state index contributed by atoms with van der Waals surface area (Å²) in [6.45, 7) is 3.85. The molecule has 7 nitrogen and oxygen atoms in total. The molecule has 1 aliphatic heterocycles. The summed E-state index contributed by atoms with van der Waals surface area (Å²) in [5.41, 5.74) is 2.09. The van der Waals surface area contributed by atoms with Crippen LogP contribution in [-0.4, -0.2) is 33.9 Å². The Morgan fingerprint density at radius 2 is 1.89 bits per heavy atom. The Kier molecular flexibility index (Phi) is 4.59. The largest absolute Gasteiger partial charge is 0.292 e. The van der Waals surface area contributed by atoms with Gasteiger partial charge in [0.15, 0.2) is 5.65 Å². The summed E-state index contributed by atoms with van der Waals surface area (Å²) in [5.74, 6) is -0.485. The Morgan fingerprint density at radius 3 is 2.61 bits per heavy atom. The molecule has 1 saturated heterocycles. The standard InChI is InChI=1S/C19H21FN4O3S/c1-12-13(2)21-18-11-16(22-24(18)19(12)25)17-5-3-4-10-23(17)28(26,27)15-8-6-14(20)7-9-15/h6-9,11,17,22H,3-5,10H2,1-2H3/t17-/m1/s1. The topological polar surface area (TPSA) is 87.5 Å². The summed E-state index contributed by atoms with van der Waals surface area (Å²) in [5, 5.41) is 3.04. The van der Waals surface area contributed by atoms with Crippen LogP contribution in [-0.2, 0) is 10.0 Å². The number of rotatable bonds is 3. The molecule has 148 valence electrons. The molecule has 1 aliphatic rings. The van der Waals surface area contributed by atoms with Crippen LogP contribution in [0.1, 0.15) is 42.3 Å². The van der Waals surface area contributed by atoms with Gasteiger partial charge in [-0.05, 0) is 51.0 Å². The fraction of sp³-hybridized carbons (Fsp3) is 0.368. The average Bonchev–Trinajstić information content (AvgIpc) is 3.10. The Balaban J connectivity index is 1.79. The highest BCUT2D eigenvalue weighted by Gasteiger charge is 2.35. The highest BCUT2D eigenvalue weighted by atomic mass is 32.2. The molecule has 28 heavy (non-hydrogen) atoms. The Labute approximate surface area is 161 Å². The Hall–Kier alpha value is -2.52. The van der Waals surface area contributed by atoms with Gasteiger partial charge in [-0.2, -0.15) is 4.31 Å². The third-order valence-electron chi connectivity index (χ3n) is 5.34. The molecule has 1 fully saturated rings. The van der Waals surface area contributed by atoms with Crippen molar-refractivity contribution in [2.45, 2.75) is 44.0 Å². The van der Waals surface area contributed by atoms with Crippen molar-refractivity contribution in [1.82, 2.24) is 18.9 Å². The number of nitrogens with zero attached hydrogens (tertiary/aromatic N) is 3. The van der Waals surface area contributed by atoms with Gasteiger partial charge in [-0.3, -0.25) is 9.89 Å². The second kappa shape index (κ2) is 6.82. The predicted octanol–water partition coefficient (Wildman–Crippen LogP) is 2.69. The highest BCUT2D eigenvalue weighted by Crippen LogP contribution is 2.35. The van der Waals surface area contributed by atoms with Crippen molar-refractivity contribution >= 4 is 15.7 Å². The van der Waals surface area contributed by atoms with Gasteiger partial charge in [0.25, 0.3) is 5.56 Å². The van der Waals surface area contributed by atoms with Gasteiger partial charge in [-0.1, -0.05) is 6.42 Å². The fourth-order valence-electron chi connectivity index (χ4n) is 3.65. The summed E-state index contributed by atoms with van der Waals surface area (Å²) in [4.78, 5) is 17.0. The molecule has 9 heteroatoms. The van der Waals surface area contributed by atoms with Crippen LogP contribution in [0.2, 0.25) is 0 Å². The number of halogens is 1. The molecule has 1 atom stereocenters. The van der Waals surface area contributed by atoms with Gasteiger partial charge in [0.05, 0.1) is 16.6 Å². The number of piperidine rings is 1. The molecule has 1 N–H and O–H groups in total. The number of hydrogen-bond donors (Lipinski definition) is 1. The first-order chi connectivity index (χ1) is 13.3. The van der Waals surface area contributed by atoms with Crippen molar-refractivity contribution < 1.29 is 12.8 Å². The zero-order valence-electron chi connectivity index (χ0n) is 15.6. The van der Waals surface area contributed by atoms with Crippen molar-refractivity contribution in [3.05, 3.63) is 63.5 Å². The van der Waals surface area contributed by atoms with E-state index in [4.69, 9.17) is 0 Å². The number of aromatic amines is 1. The van der Waals surface area contributed by atoms with E-state index >= 15 is 0 Å². The molecule has 3 heterocycles. The predicted molar refractivity (Wildman–Crippen MR) is 102 cm³/mol. The van der Waals surface area contributed by atoms with Crippen LogP contribution in [0.15, 0.2) is 40.0 Å². The number of H-pyrrole nitrogens is 1. The van der Waals surface area contributed by atoms with E-state index in [1.54, 1.807) is 19.9 Å². The highest BCUT2D eigenvalue weighted by molar-refractivity contribution is 7.89. The van der Waals surface area contributed by atoms with Crippen molar-refractivity contribution in [3.8, 4) is 0 Å². The summed E-state index contributed by atoms with van der Waals surface area (Å²) in [7, 11) is -3.80. The minimum absolute atomic E-state index is 0.0545. The number of aromatic nitrogens is 3. The number of sulfonamides is 1. The minimum atomic E-state index is -3.80. The molecular formula is C19H21FN4O3S. The maximum atomic E-state index is 13.2. The second-order valence-electron chi connectivity index (χ2n) is 7.11. The van der Waals surface area contributed by atoms with E-state index < -0.39 is 21.9 Å².